The van der Waals surface area contributed by atoms with Crippen LogP contribution in [0.4, 0.5) is 4.39 Å². The van der Waals surface area contributed by atoms with E-state index < -0.39 is 0 Å². The average molecular weight is 137 g/mol. The van der Waals surface area contributed by atoms with E-state index in [1.807, 2.05) is 6.07 Å². The van der Waals surface area contributed by atoms with Crippen LogP contribution in [-0.4, -0.2) is 0 Å². The molecule has 0 spiro atoms. The van der Waals surface area contributed by atoms with Gasteiger partial charge in [0.25, 0.3) is 0 Å². The maximum atomic E-state index is 12.4. The third kappa shape index (κ3) is 1.83. The predicted octanol–water partition coefficient (Wildman–Crippen LogP) is 2.58. The summed E-state index contributed by atoms with van der Waals surface area (Å²) in [6, 6.07) is 7.67. The first-order chi connectivity index (χ1) is 4.83. The molecule has 10 heavy (non-hydrogen) atoms. The van der Waals surface area contributed by atoms with E-state index in [1.54, 1.807) is 6.07 Å². The van der Waals surface area contributed by atoms with Gasteiger partial charge in [0.2, 0.25) is 0 Å². The molecule has 0 bridgehead atoms. The van der Waals surface area contributed by atoms with Crippen molar-refractivity contribution in [2.75, 3.05) is 0 Å². The maximum Gasteiger partial charge on any atom is 0.131 e. The lowest BCUT2D eigenvalue weighted by atomic mass is 10.1. The van der Waals surface area contributed by atoms with Crippen LogP contribution < -0.4 is 0 Å². The van der Waals surface area contributed by atoms with Crippen LogP contribution in [0, 0.1) is 11.9 Å². The van der Waals surface area contributed by atoms with Gasteiger partial charge in [0.15, 0.2) is 0 Å². The molecule has 0 unspecified atom stereocenters. The second kappa shape index (κ2) is 3.35. The normalized spacial score (nSPS) is 9.80. The molecular weight excluding hydrogens is 127 g/mol. The van der Waals surface area contributed by atoms with Gasteiger partial charge >= 0.3 is 0 Å². The smallest absolute Gasteiger partial charge is 0.131 e. The highest BCUT2D eigenvalue weighted by molar-refractivity contribution is 5.14. The predicted molar refractivity (Wildman–Crippen MR) is 39.2 cm³/mol. The van der Waals surface area contributed by atoms with Crippen molar-refractivity contribution >= 4 is 0 Å². The molecule has 0 aliphatic rings. The monoisotopic (exact) mass is 137 g/mol. The second-order valence-electron chi connectivity index (χ2n) is 2.27. The fourth-order valence-corrected chi connectivity index (χ4v) is 0.901. The topological polar surface area (TPSA) is 0 Å². The lowest BCUT2D eigenvalue weighted by Gasteiger charge is -1.95. The Labute approximate surface area is 60.7 Å². The number of aryl methyl sites for hydroxylation is 1. The summed E-state index contributed by atoms with van der Waals surface area (Å²) in [7, 11) is 0. The lowest BCUT2D eigenvalue weighted by Crippen LogP contribution is -1.83. The molecule has 0 nitrogen and oxygen atoms in total. The zero-order valence-electron chi connectivity index (χ0n) is 6.02. The van der Waals surface area contributed by atoms with E-state index >= 15 is 0 Å². The van der Waals surface area contributed by atoms with E-state index in [9.17, 15) is 4.39 Å². The summed E-state index contributed by atoms with van der Waals surface area (Å²) in [5.41, 5.74) is 0.961. The van der Waals surface area contributed by atoms with E-state index in [0.29, 0.717) is 0 Å². The molecule has 1 aromatic rings. The van der Waals surface area contributed by atoms with Crippen molar-refractivity contribution in [1.82, 2.24) is 0 Å². The summed E-state index contributed by atoms with van der Waals surface area (Å²) < 4.78 is 12.4. The van der Waals surface area contributed by atoms with Gasteiger partial charge in [-0.15, -0.1) is 0 Å². The molecule has 1 heteroatoms. The van der Waals surface area contributed by atoms with Gasteiger partial charge in [-0.3, -0.25) is 0 Å². The van der Waals surface area contributed by atoms with Crippen LogP contribution in [0.1, 0.15) is 18.9 Å². The third-order valence-electron chi connectivity index (χ3n) is 1.34. The third-order valence-corrected chi connectivity index (χ3v) is 1.34. The van der Waals surface area contributed by atoms with E-state index in [1.165, 1.54) is 6.07 Å². The fraction of sp³-hybridized carbons (Fsp3) is 0.333. The van der Waals surface area contributed by atoms with Gasteiger partial charge in [0.1, 0.15) is 5.82 Å². The summed E-state index contributed by atoms with van der Waals surface area (Å²) >= 11 is 0. The molecule has 0 aromatic heterocycles. The second-order valence-corrected chi connectivity index (χ2v) is 2.27. The van der Waals surface area contributed by atoms with Crippen molar-refractivity contribution in [3.8, 4) is 0 Å². The van der Waals surface area contributed by atoms with Crippen LogP contribution in [0.2, 0.25) is 0 Å². The van der Waals surface area contributed by atoms with Crippen LogP contribution in [0.5, 0.6) is 0 Å². The molecule has 0 heterocycles. The number of hydrogen-bond acceptors (Lipinski definition) is 0. The summed E-state index contributed by atoms with van der Waals surface area (Å²) in [6.45, 7) is 2.07. The van der Waals surface area contributed by atoms with Crippen molar-refractivity contribution < 1.29 is 4.39 Å². The van der Waals surface area contributed by atoms with Gasteiger partial charge in [-0.2, -0.15) is 0 Å². The average Bonchev–Trinajstić information content (AvgIpc) is 1.88. The lowest BCUT2D eigenvalue weighted by molar-refractivity contribution is 0.622. The van der Waals surface area contributed by atoms with Crippen LogP contribution in [0.3, 0.4) is 0 Å². The quantitative estimate of drug-likeness (QED) is 0.587. The van der Waals surface area contributed by atoms with Crippen molar-refractivity contribution in [1.29, 1.82) is 0 Å². The zero-order valence-corrected chi connectivity index (χ0v) is 6.02. The molecule has 1 rings (SSSR count). The molecule has 0 saturated heterocycles. The number of benzene rings is 1. The highest BCUT2D eigenvalue weighted by Crippen LogP contribution is 2.04. The van der Waals surface area contributed by atoms with Gasteiger partial charge in [0, 0.05) is 6.07 Å². The van der Waals surface area contributed by atoms with Crippen LogP contribution >= 0.6 is 0 Å². The van der Waals surface area contributed by atoms with Crippen LogP contribution in [-0.2, 0) is 6.42 Å². The maximum absolute atomic E-state index is 12.4. The Hall–Kier alpha value is -0.850. The summed E-state index contributed by atoms with van der Waals surface area (Å²) in [4.78, 5) is 0. The van der Waals surface area contributed by atoms with Gasteiger partial charge in [0.05, 0.1) is 0 Å². The minimum atomic E-state index is -0.258. The summed E-state index contributed by atoms with van der Waals surface area (Å²) in [5.74, 6) is -0.258. The Kier molecular flexibility index (Phi) is 2.43. The van der Waals surface area contributed by atoms with E-state index in [0.717, 1.165) is 18.4 Å². The number of hydrogen-bond donors (Lipinski definition) is 0. The van der Waals surface area contributed by atoms with E-state index in [4.69, 9.17) is 0 Å². The van der Waals surface area contributed by atoms with Gasteiger partial charge in [-0.05, 0) is 18.1 Å². The van der Waals surface area contributed by atoms with Gasteiger partial charge in [-0.1, -0.05) is 25.5 Å². The summed E-state index contributed by atoms with van der Waals surface area (Å²) in [5, 5.41) is 0. The first-order valence-electron chi connectivity index (χ1n) is 3.49. The molecule has 53 valence electrons. The van der Waals surface area contributed by atoms with E-state index in [2.05, 4.69) is 13.0 Å². The van der Waals surface area contributed by atoms with Crippen molar-refractivity contribution in [3.63, 3.8) is 0 Å². The van der Waals surface area contributed by atoms with Crippen LogP contribution in [0.25, 0.3) is 0 Å². The standard InChI is InChI=1S/C9H10F/c1-2-4-8-5-3-6-9(10)7-8/h3,5-6H,2,4H2,1H3. The molecule has 0 atom stereocenters. The number of rotatable bonds is 2. The molecule has 0 amide bonds. The minimum Gasteiger partial charge on any atom is -0.206 e. The number of halogens is 1. The van der Waals surface area contributed by atoms with E-state index in [-0.39, 0.29) is 5.82 Å². The Bertz CT molecular complexity index is 206. The first kappa shape index (κ1) is 7.26. The van der Waals surface area contributed by atoms with Crippen molar-refractivity contribution in [3.05, 3.63) is 35.6 Å². The molecule has 1 radical (unpaired) electrons. The zero-order chi connectivity index (χ0) is 7.40. The van der Waals surface area contributed by atoms with Crippen molar-refractivity contribution in [2.45, 2.75) is 19.8 Å². The highest BCUT2D eigenvalue weighted by Gasteiger charge is 1.92. The summed E-state index contributed by atoms with van der Waals surface area (Å²) in [6.07, 6.45) is 1.96. The van der Waals surface area contributed by atoms with Gasteiger partial charge < -0.3 is 0 Å². The Morgan fingerprint density at radius 1 is 1.50 bits per heavy atom. The Morgan fingerprint density at radius 2 is 2.30 bits per heavy atom. The molecule has 0 saturated carbocycles. The molecule has 0 aliphatic carbocycles. The Morgan fingerprint density at radius 3 is 2.90 bits per heavy atom. The molecule has 1 aromatic carbocycles. The Balaban J connectivity index is 2.75. The first-order valence-corrected chi connectivity index (χ1v) is 3.49. The van der Waals surface area contributed by atoms with Crippen molar-refractivity contribution in [2.24, 2.45) is 0 Å². The molecule has 0 aliphatic heterocycles. The minimum absolute atomic E-state index is 0.258. The largest absolute Gasteiger partial charge is 0.206 e. The molecule has 0 N–H and O–H groups in total. The molecular formula is C9H10F. The highest BCUT2D eigenvalue weighted by atomic mass is 19.1. The van der Waals surface area contributed by atoms with Crippen LogP contribution in [0.15, 0.2) is 18.2 Å². The molecule has 0 fully saturated rings. The fourth-order valence-electron chi connectivity index (χ4n) is 0.901. The van der Waals surface area contributed by atoms with Gasteiger partial charge in [-0.25, -0.2) is 4.39 Å². The SMILES string of the molecule is CCCc1[c]c(F)ccc1.